The van der Waals surface area contributed by atoms with Crippen LogP contribution in [-0.2, 0) is 28.7 Å². The number of imide groups is 1. The number of rotatable bonds is 12. The molecule has 3 amide bonds. The van der Waals surface area contributed by atoms with E-state index in [0.717, 1.165) is 16.7 Å². The third-order valence-electron chi connectivity index (χ3n) is 4.45. The van der Waals surface area contributed by atoms with Crippen molar-refractivity contribution in [3.63, 3.8) is 0 Å². The summed E-state index contributed by atoms with van der Waals surface area (Å²) in [5.41, 5.74) is 0. The molecule has 0 aromatic heterocycles. The van der Waals surface area contributed by atoms with E-state index in [-0.39, 0.29) is 67.8 Å². The molecule has 1 unspecified atom stereocenters. The molecule has 0 aliphatic carbocycles. The Morgan fingerprint density at radius 3 is 2.32 bits per heavy atom. The lowest BCUT2D eigenvalue weighted by Crippen LogP contribution is -2.42. The number of hydrogen-bond acceptors (Lipinski definition) is 7. The van der Waals surface area contributed by atoms with Crippen molar-refractivity contribution in [1.82, 2.24) is 9.80 Å². The van der Waals surface area contributed by atoms with Crippen LogP contribution in [-0.4, -0.2) is 83.4 Å². The highest BCUT2D eigenvalue weighted by atomic mass is 32.2. The monoisotopic (exact) mass is 414 g/mol. The highest BCUT2D eigenvalue weighted by molar-refractivity contribution is 8.01. The average Bonchev–Trinajstić information content (AvgIpc) is 2.89. The van der Waals surface area contributed by atoms with Gasteiger partial charge in [0.05, 0.1) is 17.6 Å². The van der Waals surface area contributed by atoms with Crippen molar-refractivity contribution in [3.05, 3.63) is 0 Å². The van der Waals surface area contributed by atoms with Crippen LogP contribution in [0.3, 0.4) is 0 Å². The maximum absolute atomic E-state index is 12.4. The minimum Gasteiger partial charge on any atom is -0.372 e. The van der Waals surface area contributed by atoms with E-state index in [0.29, 0.717) is 0 Å². The highest BCUT2D eigenvalue weighted by Gasteiger charge is 2.40. The number of carbonyl (C=O) groups is 5. The van der Waals surface area contributed by atoms with Crippen molar-refractivity contribution in [2.75, 3.05) is 39.1 Å². The predicted octanol–water partition coefficient (Wildman–Crippen LogP) is 0.772. The molecule has 8 nitrogen and oxygen atoms in total. The van der Waals surface area contributed by atoms with Crippen LogP contribution in [0.5, 0.6) is 0 Å². The second-order valence-corrected chi connectivity index (χ2v) is 8.62. The lowest BCUT2D eigenvalue weighted by Gasteiger charge is -2.21. The summed E-state index contributed by atoms with van der Waals surface area (Å²) < 4.78 is 5.25. The predicted molar refractivity (Wildman–Crippen MR) is 106 cm³/mol. The van der Waals surface area contributed by atoms with Gasteiger partial charge in [-0.25, -0.2) is 0 Å². The van der Waals surface area contributed by atoms with Crippen LogP contribution in [0.1, 0.15) is 34.1 Å². The van der Waals surface area contributed by atoms with Gasteiger partial charge in [-0.1, -0.05) is 27.7 Å². The summed E-state index contributed by atoms with van der Waals surface area (Å²) >= 11 is 1.15. The number of likely N-dealkylation sites (tertiary alicyclic amines) is 1. The molecule has 158 valence electrons. The first-order chi connectivity index (χ1) is 13.0. The van der Waals surface area contributed by atoms with Gasteiger partial charge in [0.15, 0.2) is 5.78 Å². The fourth-order valence-electron chi connectivity index (χ4n) is 2.22. The van der Waals surface area contributed by atoms with Crippen LogP contribution >= 0.6 is 11.8 Å². The zero-order chi connectivity index (χ0) is 21.4. The Bertz CT molecular complexity index is 620. The van der Waals surface area contributed by atoms with Crippen molar-refractivity contribution < 1.29 is 28.7 Å². The van der Waals surface area contributed by atoms with Crippen LogP contribution in [0.15, 0.2) is 0 Å². The fourth-order valence-corrected chi connectivity index (χ4v) is 3.45. The van der Waals surface area contributed by atoms with Crippen molar-refractivity contribution in [1.29, 1.82) is 0 Å². The van der Waals surface area contributed by atoms with Gasteiger partial charge in [-0.3, -0.25) is 28.9 Å². The third kappa shape index (κ3) is 7.35. The standard InChI is InChI=1S/C19H30N2O6S/c1-12(2)14(22)10-27-7-6-20(5)18(25)9-21-17(24)8-16(19(21)26)28-11-15(23)13(3)4/h12-13,16H,6-11H2,1-5H3. The summed E-state index contributed by atoms with van der Waals surface area (Å²) in [5.74, 6) is -1.25. The van der Waals surface area contributed by atoms with E-state index < -0.39 is 17.1 Å². The van der Waals surface area contributed by atoms with Gasteiger partial charge in [-0.05, 0) is 0 Å². The third-order valence-corrected chi connectivity index (χ3v) is 5.67. The molecule has 1 saturated heterocycles. The molecule has 1 aliphatic heterocycles. The summed E-state index contributed by atoms with van der Waals surface area (Å²) in [6, 6.07) is 0. The lowest BCUT2D eigenvalue weighted by atomic mass is 10.1. The molecule has 1 heterocycles. The largest absolute Gasteiger partial charge is 0.372 e. The zero-order valence-electron chi connectivity index (χ0n) is 17.2. The number of hydrogen-bond donors (Lipinski definition) is 0. The first kappa shape index (κ1) is 24.3. The van der Waals surface area contributed by atoms with Crippen molar-refractivity contribution >= 4 is 41.0 Å². The normalized spacial score (nSPS) is 17.0. The molecule has 0 spiro atoms. The van der Waals surface area contributed by atoms with E-state index in [1.165, 1.54) is 4.90 Å². The van der Waals surface area contributed by atoms with Crippen molar-refractivity contribution in [3.8, 4) is 0 Å². The van der Waals surface area contributed by atoms with E-state index in [1.54, 1.807) is 34.7 Å². The Morgan fingerprint density at radius 2 is 1.75 bits per heavy atom. The topological polar surface area (TPSA) is 101 Å². The van der Waals surface area contributed by atoms with Gasteiger partial charge < -0.3 is 9.64 Å². The summed E-state index contributed by atoms with van der Waals surface area (Å²) in [6.07, 6.45) is 0.00624. The SMILES string of the molecule is CC(C)C(=O)COCCN(C)C(=O)CN1C(=O)CC(SCC(=O)C(C)C)C1=O. The number of thioether (sulfide) groups is 1. The molecule has 1 rings (SSSR count). The number of ketones is 2. The molecule has 0 aromatic carbocycles. The molecule has 0 N–H and O–H groups in total. The van der Waals surface area contributed by atoms with Gasteiger partial charge >= 0.3 is 0 Å². The molecule has 9 heteroatoms. The Morgan fingerprint density at radius 1 is 1.14 bits per heavy atom. The van der Waals surface area contributed by atoms with E-state index in [4.69, 9.17) is 4.74 Å². The van der Waals surface area contributed by atoms with Crippen LogP contribution in [0, 0.1) is 11.8 Å². The van der Waals surface area contributed by atoms with E-state index in [2.05, 4.69) is 0 Å². The Labute approximate surface area is 170 Å². The number of likely N-dealkylation sites (N-methyl/N-ethyl adjacent to an activating group) is 1. The molecule has 0 saturated carbocycles. The van der Waals surface area contributed by atoms with Gasteiger partial charge in [0.2, 0.25) is 17.7 Å². The van der Waals surface area contributed by atoms with Crippen LogP contribution < -0.4 is 0 Å². The van der Waals surface area contributed by atoms with E-state index >= 15 is 0 Å². The Balaban J connectivity index is 2.43. The molecule has 0 radical (unpaired) electrons. The first-order valence-corrected chi connectivity index (χ1v) is 10.4. The lowest BCUT2D eigenvalue weighted by molar-refractivity contribution is -0.145. The summed E-state index contributed by atoms with van der Waals surface area (Å²) in [4.78, 5) is 62.3. The number of ether oxygens (including phenoxy) is 1. The van der Waals surface area contributed by atoms with Crippen molar-refractivity contribution in [2.24, 2.45) is 11.8 Å². The second-order valence-electron chi connectivity index (χ2n) is 7.43. The smallest absolute Gasteiger partial charge is 0.243 e. The Hall–Kier alpha value is -1.74. The summed E-state index contributed by atoms with van der Waals surface area (Å²) in [5, 5.41) is -0.612. The fraction of sp³-hybridized carbons (Fsp3) is 0.737. The number of nitrogens with zero attached hydrogens (tertiary/aromatic N) is 2. The van der Waals surface area contributed by atoms with Crippen LogP contribution in [0.2, 0.25) is 0 Å². The molecule has 1 fully saturated rings. The van der Waals surface area contributed by atoms with Gasteiger partial charge in [0.25, 0.3) is 0 Å². The molecular formula is C19H30N2O6S. The number of amides is 3. The maximum atomic E-state index is 12.4. The molecular weight excluding hydrogens is 384 g/mol. The summed E-state index contributed by atoms with van der Waals surface area (Å²) in [6.45, 7) is 7.26. The van der Waals surface area contributed by atoms with Gasteiger partial charge in [0.1, 0.15) is 18.9 Å². The maximum Gasteiger partial charge on any atom is 0.243 e. The van der Waals surface area contributed by atoms with E-state index in [9.17, 15) is 24.0 Å². The molecule has 0 bridgehead atoms. The Kier molecular flexibility index (Phi) is 9.81. The van der Waals surface area contributed by atoms with Crippen LogP contribution in [0.25, 0.3) is 0 Å². The number of Topliss-reactive ketones (excluding diaryl/α,β-unsaturated/α-hetero) is 2. The van der Waals surface area contributed by atoms with Crippen molar-refractivity contribution in [2.45, 2.75) is 39.4 Å². The molecule has 1 aliphatic rings. The molecule has 0 aromatic rings. The van der Waals surface area contributed by atoms with Gasteiger partial charge in [-0.15, -0.1) is 11.8 Å². The second kappa shape index (κ2) is 11.3. The molecule has 28 heavy (non-hydrogen) atoms. The van der Waals surface area contributed by atoms with Crippen LogP contribution in [0.4, 0.5) is 0 Å². The number of carbonyl (C=O) groups excluding carboxylic acids is 5. The van der Waals surface area contributed by atoms with E-state index in [1.807, 2.05) is 0 Å². The zero-order valence-corrected chi connectivity index (χ0v) is 18.0. The van der Waals surface area contributed by atoms with Gasteiger partial charge in [-0.2, -0.15) is 0 Å². The van der Waals surface area contributed by atoms with Gasteiger partial charge in [0, 0.05) is 31.8 Å². The minimum absolute atomic E-state index is 0.00318. The quantitative estimate of drug-likeness (QED) is 0.343. The summed E-state index contributed by atoms with van der Waals surface area (Å²) in [7, 11) is 1.55. The minimum atomic E-state index is -0.612. The average molecular weight is 415 g/mol. The highest BCUT2D eigenvalue weighted by Crippen LogP contribution is 2.25. The molecule has 1 atom stereocenters. The first-order valence-electron chi connectivity index (χ1n) is 9.37.